The Hall–Kier alpha value is -1.08. The second-order valence-electron chi connectivity index (χ2n) is 3.40. The second-order valence-corrected chi connectivity index (χ2v) is 3.81. The van der Waals surface area contributed by atoms with Crippen LogP contribution < -0.4 is 5.32 Å². The minimum absolute atomic E-state index is 0.373. The summed E-state index contributed by atoms with van der Waals surface area (Å²) in [4.78, 5) is 0. The van der Waals surface area contributed by atoms with Gasteiger partial charge in [0.05, 0.1) is 17.7 Å². The minimum Gasteiger partial charge on any atom is -0.392 e. The van der Waals surface area contributed by atoms with Crippen LogP contribution in [0.1, 0.15) is 18.1 Å². The predicted molar refractivity (Wildman–Crippen MR) is 59.6 cm³/mol. The molecule has 0 aliphatic rings. The smallest absolute Gasteiger partial charge is 0.0992 e. The molecule has 1 aromatic carbocycles. The Bertz CT molecular complexity index is 371. The monoisotopic (exact) mass is 224 g/mol. The van der Waals surface area contributed by atoms with Crippen molar-refractivity contribution >= 4 is 11.6 Å². The van der Waals surface area contributed by atoms with Crippen LogP contribution in [0.3, 0.4) is 0 Å². The van der Waals surface area contributed by atoms with E-state index in [1.165, 1.54) is 0 Å². The zero-order valence-corrected chi connectivity index (χ0v) is 9.25. The number of hydrogen-bond acceptors (Lipinski definition) is 3. The molecule has 1 rings (SSSR count). The van der Waals surface area contributed by atoms with Crippen molar-refractivity contribution in [1.29, 1.82) is 5.26 Å². The molecule has 0 saturated carbocycles. The third-order valence-corrected chi connectivity index (χ3v) is 2.29. The Morgan fingerprint density at radius 3 is 2.87 bits per heavy atom. The van der Waals surface area contributed by atoms with Gasteiger partial charge in [0.25, 0.3) is 0 Å². The molecule has 0 fully saturated rings. The minimum atomic E-state index is -0.373. The lowest BCUT2D eigenvalue weighted by atomic mass is 10.1. The van der Waals surface area contributed by atoms with Crippen molar-refractivity contribution in [2.45, 2.75) is 19.6 Å². The molecule has 0 radical (unpaired) electrons. The van der Waals surface area contributed by atoms with Gasteiger partial charge in [0.1, 0.15) is 0 Å². The summed E-state index contributed by atoms with van der Waals surface area (Å²) >= 11 is 5.97. The van der Waals surface area contributed by atoms with Gasteiger partial charge in [-0.05, 0) is 24.6 Å². The number of aliphatic hydroxyl groups is 1. The molecule has 80 valence electrons. The van der Waals surface area contributed by atoms with Crippen LogP contribution in [0.25, 0.3) is 0 Å². The average molecular weight is 225 g/mol. The fourth-order valence-corrected chi connectivity index (χ4v) is 1.42. The van der Waals surface area contributed by atoms with Crippen molar-refractivity contribution in [1.82, 2.24) is 5.32 Å². The summed E-state index contributed by atoms with van der Waals surface area (Å²) in [6.45, 7) is 2.83. The van der Waals surface area contributed by atoms with E-state index in [9.17, 15) is 0 Å². The number of aliphatic hydroxyl groups excluding tert-OH is 1. The van der Waals surface area contributed by atoms with E-state index in [-0.39, 0.29) is 6.10 Å². The van der Waals surface area contributed by atoms with Crippen molar-refractivity contribution in [3.05, 3.63) is 34.3 Å². The largest absolute Gasteiger partial charge is 0.392 e. The molecule has 0 saturated heterocycles. The molecule has 0 aromatic heterocycles. The van der Waals surface area contributed by atoms with Crippen molar-refractivity contribution < 1.29 is 5.11 Å². The highest BCUT2D eigenvalue weighted by Gasteiger charge is 2.02. The quantitative estimate of drug-likeness (QED) is 0.818. The third kappa shape index (κ3) is 3.88. The fourth-order valence-electron chi connectivity index (χ4n) is 1.18. The standard InChI is InChI=1S/C11H13ClN2O/c1-8(15)6-14-7-10-3-2-9(5-13)4-11(10)12/h2-4,8,14-15H,6-7H2,1H3. The van der Waals surface area contributed by atoms with Crippen molar-refractivity contribution in [3.8, 4) is 6.07 Å². The van der Waals surface area contributed by atoms with Crippen LogP contribution in [-0.4, -0.2) is 17.8 Å². The summed E-state index contributed by atoms with van der Waals surface area (Å²) in [5.41, 5.74) is 1.48. The maximum absolute atomic E-state index is 9.04. The van der Waals surface area contributed by atoms with Crippen LogP contribution >= 0.6 is 11.6 Å². The summed E-state index contributed by atoms with van der Waals surface area (Å²) in [5, 5.41) is 21.3. The van der Waals surface area contributed by atoms with Gasteiger partial charge in [0.2, 0.25) is 0 Å². The molecule has 1 atom stereocenters. The normalized spacial score (nSPS) is 12.1. The summed E-state index contributed by atoms with van der Waals surface area (Å²) < 4.78 is 0. The van der Waals surface area contributed by atoms with Crippen molar-refractivity contribution in [2.24, 2.45) is 0 Å². The van der Waals surface area contributed by atoms with E-state index in [2.05, 4.69) is 5.32 Å². The Morgan fingerprint density at radius 1 is 1.60 bits per heavy atom. The van der Waals surface area contributed by atoms with Crippen molar-refractivity contribution in [2.75, 3.05) is 6.54 Å². The zero-order valence-electron chi connectivity index (χ0n) is 8.50. The van der Waals surface area contributed by atoms with E-state index in [1.807, 2.05) is 12.1 Å². The Balaban J connectivity index is 2.59. The third-order valence-electron chi connectivity index (χ3n) is 1.94. The van der Waals surface area contributed by atoms with Gasteiger partial charge in [-0.15, -0.1) is 0 Å². The molecule has 0 spiro atoms. The maximum atomic E-state index is 9.04. The van der Waals surface area contributed by atoms with Crippen LogP contribution in [0.5, 0.6) is 0 Å². The van der Waals surface area contributed by atoms with Gasteiger partial charge in [0, 0.05) is 18.1 Å². The van der Waals surface area contributed by atoms with E-state index < -0.39 is 0 Å². The number of nitriles is 1. The van der Waals surface area contributed by atoms with Gasteiger partial charge in [-0.1, -0.05) is 17.7 Å². The highest BCUT2D eigenvalue weighted by Crippen LogP contribution is 2.17. The summed E-state index contributed by atoms with van der Waals surface area (Å²) in [6.07, 6.45) is -0.373. The van der Waals surface area contributed by atoms with Crippen LogP contribution in [0.4, 0.5) is 0 Å². The van der Waals surface area contributed by atoms with E-state index >= 15 is 0 Å². The topological polar surface area (TPSA) is 56.0 Å². The molecule has 0 aliphatic carbocycles. The van der Waals surface area contributed by atoms with Gasteiger partial charge < -0.3 is 10.4 Å². The molecule has 1 aromatic rings. The number of rotatable bonds is 4. The Kier molecular flexibility index (Phi) is 4.57. The molecule has 0 amide bonds. The molecule has 2 N–H and O–H groups in total. The molecule has 4 heteroatoms. The second kappa shape index (κ2) is 5.72. The summed E-state index contributed by atoms with van der Waals surface area (Å²) in [6, 6.07) is 7.21. The van der Waals surface area contributed by atoms with Gasteiger partial charge >= 0.3 is 0 Å². The number of benzene rings is 1. The van der Waals surface area contributed by atoms with E-state index in [1.54, 1.807) is 19.1 Å². The van der Waals surface area contributed by atoms with Gasteiger partial charge in [-0.2, -0.15) is 5.26 Å². The number of hydrogen-bond donors (Lipinski definition) is 2. The van der Waals surface area contributed by atoms with Crippen LogP contribution in [0.15, 0.2) is 18.2 Å². The molecule has 3 nitrogen and oxygen atoms in total. The average Bonchev–Trinajstić information content (AvgIpc) is 2.20. The van der Waals surface area contributed by atoms with E-state index in [4.69, 9.17) is 22.0 Å². The number of nitrogens with zero attached hydrogens (tertiary/aromatic N) is 1. The lowest BCUT2D eigenvalue weighted by molar-refractivity contribution is 0.191. The molecular weight excluding hydrogens is 212 g/mol. The maximum Gasteiger partial charge on any atom is 0.0992 e. The molecule has 0 aliphatic heterocycles. The first kappa shape index (κ1) is 12.0. The summed E-state index contributed by atoms with van der Waals surface area (Å²) in [7, 11) is 0. The fraction of sp³-hybridized carbons (Fsp3) is 0.364. The van der Waals surface area contributed by atoms with Crippen molar-refractivity contribution in [3.63, 3.8) is 0 Å². The Labute approximate surface area is 94.3 Å². The number of halogens is 1. The first-order chi connectivity index (χ1) is 7.13. The van der Waals surface area contributed by atoms with Gasteiger partial charge in [0.15, 0.2) is 0 Å². The predicted octanol–water partition coefficient (Wildman–Crippen LogP) is 1.68. The highest BCUT2D eigenvalue weighted by molar-refractivity contribution is 6.31. The molecule has 15 heavy (non-hydrogen) atoms. The zero-order chi connectivity index (χ0) is 11.3. The van der Waals surface area contributed by atoms with Gasteiger partial charge in [-0.25, -0.2) is 0 Å². The Morgan fingerprint density at radius 2 is 2.33 bits per heavy atom. The molecule has 0 bridgehead atoms. The lowest BCUT2D eigenvalue weighted by Gasteiger charge is -2.08. The van der Waals surface area contributed by atoms with E-state index in [0.29, 0.717) is 23.7 Å². The highest BCUT2D eigenvalue weighted by atomic mass is 35.5. The van der Waals surface area contributed by atoms with Crippen LogP contribution in [-0.2, 0) is 6.54 Å². The molecule has 0 heterocycles. The van der Waals surface area contributed by atoms with Crippen LogP contribution in [0, 0.1) is 11.3 Å². The first-order valence-electron chi connectivity index (χ1n) is 4.71. The lowest BCUT2D eigenvalue weighted by Crippen LogP contribution is -2.23. The molecular formula is C11H13ClN2O. The number of nitrogens with one attached hydrogen (secondary N) is 1. The molecule has 1 unspecified atom stereocenters. The SMILES string of the molecule is CC(O)CNCc1ccc(C#N)cc1Cl. The van der Waals surface area contributed by atoms with E-state index in [0.717, 1.165) is 5.56 Å². The van der Waals surface area contributed by atoms with Crippen LogP contribution in [0.2, 0.25) is 5.02 Å². The summed E-state index contributed by atoms with van der Waals surface area (Å²) in [5.74, 6) is 0. The van der Waals surface area contributed by atoms with Gasteiger partial charge in [-0.3, -0.25) is 0 Å². The first-order valence-corrected chi connectivity index (χ1v) is 5.08.